The zero-order valence-electron chi connectivity index (χ0n) is 6.96. The molecule has 0 aliphatic heterocycles. The van der Waals surface area contributed by atoms with E-state index in [9.17, 15) is 9.50 Å². The van der Waals surface area contributed by atoms with Gasteiger partial charge in [0.2, 0.25) is 0 Å². The fourth-order valence-electron chi connectivity index (χ4n) is 1.36. The zero-order valence-corrected chi connectivity index (χ0v) is 8.61. The average Bonchev–Trinajstić information content (AvgIpc) is 2.10. The largest absolute Gasteiger partial charge is 0.508 e. The molecule has 0 atom stereocenters. The van der Waals surface area contributed by atoms with E-state index in [1.807, 2.05) is 0 Å². The van der Waals surface area contributed by atoms with E-state index in [4.69, 9.17) is 11.6 Å². The molecule has 2 aromatic rings. The van der Waals surface area contributed by atoms with E-state index >= 15 is 0 Å². The molecular weight excluding hydrogens is 223 g/mol. The van der Waals surface area contributed by atoms with E-state index in [-0.39, 0.29) is 10.8 Å². The molecule has 0 bridgehead atoms. The lowest BCUT2D eigenvalue weighted by atomic mass is 10.1. The van der Waals surface area contributed by atoms with Gasteiger partial charge in [-0.25, -0.2) is 4.39 Å². The number of benzene rings is 2. The van der Waals surface area contributed by atoms with Crippen LogP contribution >= 0.6 is 24.2 Å². The number of phenols is 1. The standard InChI is InChI=1S/C10H6ClFOS/c11-7-2-1-5-3-6(13)4-8(14)9(5)10(7)12/h1-4,13-14H. The van der Waals surface area contributed by atoms with E-state index in [0.717, 1.165) is 0 Å². The topological polar surface area (TPSA) is 20.2 Å². The summed E-state index contributed by atoms with van der Waals surface area (Å²) in [5.41, 5.74) is 0. The highest BCUT2D eigenvalue weighted by molar-refractivity contribution is 7.80. The van der Waals surface area contributed by atoms with Crippen molar-refractivity contribution in [2.45, 2.75) is 4.90 Å². The molecule has 14 heavy (non-hydrogen) atoms. The lowest BCUT2D eigenvalue weighted by molar-refractivity contribution is 0.475. The Balaban J connectivity index is 2.95. The van der Waals surface area contributed by atoms with Crippen LogP contribution in [0.15, 0.2) is 29.2 Å². The van der Waals surface area contributed by atoms with Crippen LogP contribution in [0.4, 0.5) is 4.39 Å². The third kappa shape index (κ3) is 1.42. The molecule has 4 heteroatoms. The first kappa shape index (κ1) is 9.62. The van der Waals surface area contributed by atoms with Crippen molar-refractivity contribution in [2.24, 2.45) is 0 Å². The first-order valence-electron chi connectivity index (χ1n) is 3.89. The average molecular weight is 229 g/mol. The van der Waals surface area contributed by atoms with Crippen molar-refractivity contribution in [2.75, 3.05) is 0 Å². The number of rotatable bonds is 0. The van der Waals surface area contributed by atoms with Crippen LogP contribution in [0.25, 0.3) is 10.8 Å². The summed E-state index contributed by atoms with van der Waals surface area (Å²) >= 11 is 9.71. The molecule has 0 aliphatic carbocycles. The fraction of sp³-hybridized carbons (Fsp3) is 0. The molecule has 2 aromatic carbocycles. The Bertz CT molecular complexity index is 513. The second-order valence-electron chi connectivity index (χ2n) is 2.92. The summed E-state index contributed by atoms with van der Waals surface area (Å²) in [6, 6.07) is 5.94. The maximum Gasteiger partial charge on any atom is 0.150 e. The minimum Gasteiger partial charge on any atom is -0.508 e. The molecule has 0 amide bonds. The van der Waals surface area contributed by atoms with Crippen LogP contribution in [0.2, 0.25) is 5.02 Å². The molecule has 0 saturated heterocycles. The first-order valence-corrected chi connectivity index (χ1v) is 4.72. The van der Waals surface area contributed by atoms with Crippen molar-refractivity contribution in [1.29, 1.82) is 0 Å². The van der Waals surface area contributed by atoms with E-state index in [1.165, 1.54) is 18.2 Å². The predicted octanol–water partition coefficient (Wildman–Crippen LogP) is 3.63. The summed E-state index contributed by atoms with van der Waals surface area (Å²) in [6.07, 6.45) is 0. The number of hydrogen-bond acceptors (Lipinski definition) is 2. The molecule has 0 unspecified atom stereocenters. The predicted molar refractivity (Wildman–Crippen MR) is 57.8 cm³/mol. The zero-order chi connectivity index (χ0) is 10.3. The second-order valence-corrected chi connectivity index (χ2v) is 3.81. The maximum absolute atomic E-state index is 13.5. The van der Waals surface area contributed by atoms with Gasteiger partial charge in [-0.05, 0) is 23.6 Å². The van der Waals surface area contributed by atoms with Crippen molar-refractivity contribution in [3.8, 4) is 5.75 Å². The summed E-state index contributed by atoms with van der Waals surface area (Å²) in [4.78, 5) is 0.375. The number of aromatic hydroxyl groups is 1. The van der Waals surface area contributed by atoms with Crippen molar-refractivity contribution in [3.63, 3.8) is 0 Å². The van der Waals surface area contributed by atoms with Crippen LogP contribution in [-0.2, 0) is 0 Å². The molecule has 1 nitrogen and oxygen atoms in total. The van der Waals surface area contributed by atoms with E-state index < -0.39 is 5.82 Å². The highest BCUT2D eigenvalue weighted by Crippen LogP contribution is 2.32. The van der Waals surface area contributed by atoms with Gasteiger partial charge in [-0.1, -0.05) is 17.7 Å². The van der Waals surface area contributed by atoms with Gasteiger partial charge < -0.3 is 5.11 Å². The second kappa shape index (κ2) is 3.33. The highest BCUT2D eigenvalue weighted by atomic mass is 35.5. The molecule has 0 radical (unpaired) electrons. The van der Waals surface area contributed by atoms with Crippen molar-refractivity contribution in [1.82, 2.24) is 0 Å². The van der Waals surface area contributed by atoms with Crippen LogP contribution in [0.3, 0.4) is 0 Å². The smallest absolute Gasteiger partial charge is 0.150 e. The monoisotopic (exact) mass is 228 g/mol. The Kier molecular flexibility index (Phi) is 2.29. The van der Waals surface area contributed by atoms with Crippen molar-refractivity contribution >= 4 is 35.0 Å². The Labute approximate surface area is 90.5 Å². The molecule has 0 heterocycles. The molecule has 0 aromatic heterocycles. The van der Waals surface area contributed by atoms with Gasteiger partial charge in [-0.15, -0.1) is 12.6 Å². The van der Waals surface area contributed by atoms with Crippen LogP contribution < -0.4 is 0 Å². The molecule has 72 valence electrons. The first-order chi connectivity index (χ1) is 6.59. The number of hydrogen-bond donors (Lipinski definition) is 2. The van der Waals surface area contributed by atoms with Gasteiger partial charge >= 0.3 is 0 Å². The Morgan fingerprint density at radius 1 is 1.29 bits per heavy atom. The molecule has 0 spiro atoms. The normalized spacial score (nSPS) is 10.8. The quantitative estimate of drug-likeness (QED) is 0.660. The van der Waals surface area contributed by atoms with Crippen molar-refractivity contribution in [3.05, 3.63) is 35.1 Å². The van der Waals surface area contributed by atoms with Crippen LogP contribution in [0, 0.1) is 5.82 Å². The van der Waals surface area contributed by atoms with Gasteiger partial charge in [-0.3, -0.25) is 0 Å². The minimum absolute atomic E-state index is 0.0542. The fourth-order valence-corrected chi connectivity index (χ4v) is 1.88. The summed E-state index contributed by atoms with van der Waals surface area (Å²) in [6.45, 7) is 0. The molecule has 2 rings (SSSR count). The SMILES string of the molecule is Oc1cc(S)c2c(F)c(Cl)ccc2c1. The van der Waals surface area contributed by atoms with E-state index in [1.54, 1.807) is 6.07 Å². The third-order valence-electron chi connectivity index (χ3n) is 1.97. The van der Waals surface area contributed by atoms with Crippen LogP contribution in [0.5, 0.6) is 5.75 Å². The van der Waals surface area contributed by atoms with Gasteiger partial charge in [0.1, 0.15) is 5.75 Å². The number of halogens is 2. The van der Waals surface area contributed by atoms with Gasteiger partial charge in [0.15, 0.2) is 5.82 Å². The minimum atomic E-state index is -0.505. The third-order valence-corrected chi connectivity index (χ3v) is 2.62. The molecule has 0 saturated carbocycles. The number of thiol groups is 1. The number of fused-ring (bicyclic) bond motifs is 1. The van der Waals surface area contributed by atoms with Crippen molar-refractivity contribution < 1.29 is 9.50 Å². The molecule has 0 aliphatic rings. The van der Waals surface area contributed by atoms with E-state index in [0.29, 0.717) is 15.7 Å². The van der Waals surface area contributed by atoms with Gasteiger partial charge in [0, 0.05) is 10.3 Å². The summed E-state index contributed by atoms with van der Waals surface area (Å²) in [5, 5.41) is 10.2. The van der Waals surface area contributed by atoms with E-state index in [2.05, 4.69) is 12.6 Å². The Morgan fingerprint density at radius 2 is 2.00 bits per heavy atom. The molecule has 0 fully saturated rings. The lowest BCUT2D eigenvalue weighted by Gasteiger charge is -2.05. The summed E-state index contributed by atoms with van der Waals surface area (Å²) in [7, 11) is 0. The van der Waals surface area contributed by atoms with Gasteiger partial charge in [-0.2, -0.15) is 0 Å². The van der Waals surface area contributed by atoms with Crippen LogP contribution in [0.1, 0.15) is 0 Å². The Hall–Kier alpha value is -0.930. The molecular formula is C10H6ClFOS. The van der Waals surface area contributed by atoms with Crippen LogP contribution in [-0.4, -0.2) is 5.11 Å². The highest BCUT2D eigenvalue weighted by Gasteiger charge is 2.09. The summed E-state index contributed by atoms with van der Waals surface area (Å²) < 4.78 is 13.5. The van der Waals surface area contributed by atoms with Gasteiger partial charge in [0.25, 0.3) is 0 Å². The lowest BCUT2D eigenvalue weighted by Crippen LogP contribution is -1.83. The molecule has 1 N–H and O–H groups in total. The number of phenolic OH excluding ortho intramolecular Hbond substituents is 1. The van der Waals surface area contributed by atoms with Gasteiger partial charge in [0.05, 0.1) is 5.02 Å². The maximum atomic E-state index is 13.5. The summed E-state index contributed by atoms with van der Waals surface area (Å²) in [5.74, 6) is -0.446. The Morgan fingerprint density at radius 3 is 2.71 bits per heavy atom.